The van der Waals surface area contributed by atoms with E-state index in [1.54, 1.807) is 35.9 Å². The number of hydrogen-bond acceptors (Lipinski definition) is 8. The number of nitrogens with zero attached hydrogens (tertiary/aromatic N) is 3. The third-order valence-electron chi connectivity index (χ3n) is 4.30. The van der Waals surface area contributed by atoms with Gasteiger partial charge in [0, 0.05) is 16.9 Å². The van der Waals surface area contributed by atoms with Gasteiger partial charge in [0.15, 0.2) is 11.0 Å². The van der Waals surface area contributed by atoms with Gasteiger partial charge in [-0.15, -0.1) is 21.5 Å². The summed E-state index contributed by atoms with van der Waals surface area (Å²) in [7, 11) is 3.09. The highest BCUT2D eigenvalue weighted by Crippen LogP contribution is 2.30. The van der Waals surface area contributed by atoms with Crippen molar-refractivity contribution in [1.82, 2.24) is 14.8 Å². The molecule has 0 spiro atoms. The van der Waals surface area contributed by atoms with Gasteiger partial charge in [-0.3, -0.25) is 4.79 Å². The van der Waals surface area contributed by atoms with Crippen molar-refractivity contribution in [3.63, 3.8) is 0 Å². The number of ether oxygens (including phenoxy) is 2. The van der Waals surface area contributed by atoms with E-state index in [0.717, 1.165) is 11.3 Å². The summed E-state index contributed by atoms with van der Waals surface area (Å²) in [6.07, 6.45) is 0.754. The Balaban J connectivity index is 1.58. The van der Waals surface area contributed by atoms with E-state index in [1.165, 1.54) is 30.2 Å². The van der Waals surface area contributed by atoms with Gasteiger partial charge in [0.2, 0.25) is 5.91 Å². The summed E-state index contributed by atoms with van der Waals surface area (Å²) in [5.41, 5.74) is 0.353. The fourth-order valence-corrected chi connectivity index (χ4v) is 4.79. The summed E-state index contributed by atoms with van der Waals surface area (Å²) in [5, 5.41) is 13.0. The molecule has 0 fully saturated rings. The standard InChI is InChI=1S/C20H20Cl2N4O4S2/c1-4-12-8-13(19(28)29-3)18(32-12)23-17(27)10-31-20-25-24-16(26(20)2)9-30-15-6-5-11(21)7-14(15)22/h5-8H,4,9-10H2,1-3H3,(H,23,27). The van der Waals surface area contributed by atoms with Gasteiger partial charge in [0.05, 0.1) is 23.4 Å². The van der Waals surface area contributed by atoms with Crippen molar-refractivity contribution in [2.24, 2.45) is 7.05 Å². The molecule has 1 aromatic carbocycles. The van der Waals surface area contributed by atoms with E-state index in [-0.39, 0.29) is 18.3 Å². The van der Waals surface area contributed by atoms with E-state index >= 15 is 0 Å². The van der Waals surface area contributed by atoms with Gasteiger partial charge in [-0.25, -0.2) is 4.79 Å². The molecule has 0 radical (unpaired) electrons. The zero-order valence-electron chi connectivity index (χ0n) is 17.5. The van der Waals surface area contributed by atoms with Crippen LogP contribution in [0.2, 0.25) is 10.0 Å². The van der Waals surface area contributed by atoms with Gasteiger partial charge < -0.3 is 19.4 Å². The average Bonchev–Trinajstić information content (AvgIpc) is 3.34. The van der Waals surface area contributed by atoms with E-state index in [2.05, 4.69) is 15.5 Å². The number of benzene rings is 1. The number of amides is 1. The van der Waals surface area contributed by atoms with Crippen molar-refractivity contribution in [2.45, 2.75) is 25.1 Å². The molecule has 170 valence electrons. The largest absolute Gasteiger partial charge is 0.484 e. The Labute approximate surface area is 203 Å². The van der Waals surface area contributed by atoms with Crippen molar-refractivity contribution in [3.05, 3.63) is 50.6 Å². The van der Waals surface area contributed by atoms with Crippen molar-refractivity contribution in [3.8, 4) is 5.75 Å². The second kappa shape index (κ2) is 11.0. The quantitative estimate of drug-likeness (QED) is 0.322. The Hall–Kier alpha value is -2.27. The lowest BCUT2D eigenvalue weighted by Crippen LogP contribution is -2.16. The van der Waals surface area contributed by atoms with Crippen LogP contribution in [-0.4, -0.2) is 39.5 Å². The molecule has 0 atom stereocenters. The Morgan fingerprint density at radius 3 is 2.72 bits per heavy atom. The van der Waals surface area contributed by atoms with Gasteiger partial charge in [0.25, 0.3) is 0 Å². The molecule has 1 amide bonds. The Kier molecular flexibility index (Phi) is 8.41. The van der Waals surface area contributed by atoms with E-state index in [4.69, 9.17) is 32.7 Å². The summed E-state index contributed by atoms with van der Waals surface area (Å²) >= 11 is 14.6. The molecule has 2 heterocycles. The van der Waals surface area contributed by atoms with Crippen molar-refractivity contribution < 1.29 is 19.1 Å². The number of thiophene rings is 1. The lowest BCUT2D eigenvalue weighted by Gasteiger charge is -2.08. The Morgan fingerprint density at radius 2 is 2.03 bits per heavy atom. The Bertz CT molecular complexity index is 1130. The fourth-order valence-electron chi connectivity index (χ4n) is 2.59. The van der Waals surface area contributed by atoms with Crippen molar-refractivity contribution in [2.75, 3.05) is 18.2 Å². The van der Waals surface area contributed by atoms with E-state index in [1.807, 2.05) is 6.92 Å². The molecule has 8 nitrogen and oxygen atoms in total. The predicted octanol–water partition coefficient (Wildman–Crippen LogP) is 4.84. The number of carbonyl (C=O) groups excluding carboxylic acids is 2. The number of esters is 1. The van der Waals surface area contributed by atoms with Crippen molar-refractivity contribution >= 4 is 63.2 Å². The van der Waals surface area contributed by atoms with Gasteiger partial charge >= 0.3 is 5.97 Å². The number of halogens is 2. The van der Waals surface area contributed by atoms with Crippen LogP contribution in [0.25, 0.3) is 0 Å². The summed E-state index contributed by atoms with van der Waals surface area (Å²) in [5.74, 6) is 0.394. The first-order chi connectivity index (χ1) is 15.3. The van der Waals surface area contributed by atoms with Crippen LogP contribution in [0, 0.1) is 0 Å². The van der Waals surface area contributed by atoms with Crippen LogP contribution in [0.4, 0.5) is 5.00 Å². The lowest BCUT2D eigenvalue weighted by atomic mass is 10.2. The van der Waals surface area contributed by atoms with Crippen molar-refractivity contribution in [1.29, 1.82) is 0 Å². The van der Waals surface area contributed by atoms with Crippen LogP contribution in [-0.2, 0) is 29.6 Å². The number of hydrogen-bond donors (Lipinski definition) is 1. The van der Waals surface area contributed by atoms with Gasteiger partial charge in [-0.1, -0.05) is 41.9 Å². The number of anilines is 1. The monoisotopic (exact) mass is 514 g/mol. The predicted molar refractivity (Wildman–Crippen MR) is 126 cm³/mol. The molecule has 32 heavy (non-hydrogen) atoms. The fraction of sp³-hybridized carbons (Fsp3) is 0.300. The summed E-state index contributed by atoms with van der Waals surface area (Å²) in [4.78, 5) is 25.4. The number of thioether (sulfide) groups is 1. The molecule has 0 aliphatic rings. The second-order valence-electron chi connectivity index (χ2n) is 6.46. The maximum Gasteiger partial charge on any atom is 0.340 e. The van der Waals surface area contributed by atoms with Crippen LogP contribution in [0.15, 0.2) is 29.4 Å². The van der Waals surface area contributed by atoms with E-state index in [0.29, 0.717) is 37.3 Å². The highest BCUT2D eigenvalue weighted by atomic mass is 35.5. The van der Waals surface area contributed by atoms with Crippen LogP contribution in [0.5, 0.6) is 5.75 Å². The molecular weight excluding hydrogens is 495 g/mol. The number of nitrogens with one attached hydrogen (secondary N) is 1. The van der Waals surface area contributed by atoms with Gasteiger partial charge in [-0.2, -0.15) is 0 Å². The maximum absolute atomic E-state index is 12.5. The third-order valence-corrected chi connectivity index (χ3v) is 7.04. The topological polar surface area (TPSA) is 95.3 Å². The number of aromatic nitrogens is 3. The first-order valence-corrected chi connectivity index (χ1v) is 12.0. The number of rotatable bonds is 9. The zero-order chi connectivity index (χ0) is 23.3. The Morgan fingerprint density at radius 1 is 1.25 bits per heavy atom. The highest BCUT2D eigenvalue weighted by Gasteiger charge is 2.19. The lowest BCUT2D eigenvalue weighted by molar-refractivity contribution is -0.113. The minimum absolute atomic E-state index is 0.0931. The number of methoxy groups -OCH3 is 1. The number of carbonyl (C=O) groups is 2. The minimum Gasteiger partial charge on any atom is -0.484 e. The molecule has 3 rings (SSSR count). The number of aryl methyl sites for hydroxylation is 1. The maximum atomic E-state index is 12.5. The normalized spacial score (nSPS) is 10.8. The SMILES string of the molecule is CCc1cc(C(=O)OC)c(NC(=O)CSc2nnc(COc3ccc(Cl)cc3Cl)n2C)s1. The molecule has 2 aromatic heterocycles. The van der Waals surface area contributed by atoms with Crippen LogP contribution >= 0.6 is 46.3 Å². The highest BCUT2D eigenvalue weighted by molar-refractivity contribution is 7.99. The first kappa shape index (κ1) is 24.4. The minimum atomic E-state index is -0.484. The molecule has 0 unspecified atom stereocenters. The van der Waals surface area contributed by atoms with Crippen LogP contribution in [0.1, 0.15) is 28.0 Å². The zero-order valence-corrected chi connectivity index (χ0v) is 20.6. The molecule has 0 bridgehead atoms. The second-order valence-corrected chi connectivity index (χ2v) is 9.38. The third kappa shape index (κ3) is 5.94. The molecule has 0 aliphatic heterocycles. The molecular formula is C20H20Cl2N4O4S2. The first-order valence-electron chi connectivity index (χ1n) is 9.42. The molecule has 0 aliphatic carbocycles. The van der Waals surface area contributed by atoms with Crippen LogP contribution in [0.3, 0.4) is 0 Å². The van der Waals surface area contributed by atoms with Gasteiger partial charge in [0.1, 0.15) is 17.4 Å². The molecule has 0 saturated carbocycles. The van der Waals surface area contributed by atoms with Gasteiger partial charge in [-0.05, 0) is 30.7 Å². The average molecular weight is 515 g/mol. The molecule has 1 N–H and O–H groups in total. The molecule has 3 aromatic rings. The summed E-state index contributed by atoms with van der Waals surface area (Å²) in [6.45, 7) is 2.12. The summed E-state index contributed by atoms with van der Waals surface area (Å²) < 4.78 is 12.2. The summed E-state index contributed by atoms with van der Waals surface area (Å²) in [6, 6.07) is 6.69. The molecule has 0 saturated heterocycles. The van der Waals surface area contributed by atoms with E-state index in [9.17, 15) is 9.59 Å². The smallest absolute Gasteiger partial charge is 0.340 e. The molecule has 12 heteroatoms. The van der Waals surface area contributed by atoms with E-state index < -0.39 is 5.97 Å². The van der Waals surface area contributed by atoms with Crippen LogP contribution < -0.4 is 10.1 Å².